The highest BCUT2D eigenvalue weighted by Crippen LogP contribution is 2.11. The van der Waals surface area contributed by atoms with Crippen molar-refractivity contribution < 1.29 is 8.42 Å². The van der Waals surface area contributed by atoms with Crippen molar-refractivity contribution in [2.75, 3.05) is 52.6 Å². The second kappa shape index (κ2) is 7.87. The van der Waals surface area contributed by atoms with Crippen molar-refractivity contribution in [1.29, 1.82) is 0 Å². The van der Waals surface area contributed by atoms with Crippen LogP contribution in [0.5, 0.6) is 0 Å². The summed E-state index contributed by atoms with van der Waals surface area (Å²) in [5, 5.41) is 3.40. The minimum Gasteiger partial charge on any atom is -0.314 e. The van der Waals surface area contributed by atoms with Gasteiger partial charge in [0.2, 0.25) is 10.0 Å². The lowest BCUT2D eigenvalue weighted by atomic mass is 10.0. The molecule has 0 saturated carbocycles. The highest BCUT2D eigenvalue weighted by molar-refractivity contribution is 7.89. The SMILES string of the molecule is CN1CCN(C)C(CNS(=O)(=O)CCC2CCCCN2)C1. The molecule has 0 spiro atoms. The fraction of sp³-hybridized carbons (Fsp3) is 1.00. The van der Waals surface area contributed by atoms with E-state index in [1.165, 1.54) is 12.8 Å². The summed E-state index contributed by atoms with van der Waals surface area (Å²) in [6, 6.07) is 0.644. The van der Waals surface area contributed by atoms with Crippen LogP contribution in [-0.2, 0) is 10.0 Å². The molecule has 2 rings (SSSR count). The molecule has 0 radical (unpaired) electrons. The second-order valence-corrected chi connectivity index (χ2v) is 8.43. The molecule has 0 amide bonds. The van der Waals surface area contributed by atoms with Crippen molar-refractivity contribution in [2.24, 2.45) is 0 Å². The van der Waals surface area contributed by atoms with Crippen LogP contribution in [0.15, 0.2) is 0 Å². The maximum atomic E-state index is 12.1. The number of piperazine rings is 1. The number of rotatable bonds is 6. The smallest absolute Gasteiger partial charge is 0.211 e. The second-order valence-electron chi connectivity index (χ2n) is 6.50. The van der Waals surface area contributed by atoms with E-state index in [-0.39, 0.29) is 11.8 Å². The summed E-state index contributed by atoms with van der Waals surface area (Å²) in [6.45, 7) is 4.50. The van der Waals surface area contributed by atoms with E-state index in [1.807, 2.05) is 0 Å². The van der Waals surface area contributed by atoms with Gasteiger partial charge in [0.25, 0.3) is 0 Å². The number of sulfonamides is 1. The maximum Gasteiger partial charge on any atom is 0.211 e. The fourth-order valence-electron chi connectivity index (χ4n) is 3.08. The van der Waals surface area contributed by atoms with E-state index in [2.05, 4.69) is 33.9 Å². The van der Waals surface area contributed by atoms with Gasteiger partial charge in [-0.05, 0) is 39.9 Å². The summed E-state index contributed by atoms with van der Waals surface area (Å²) in [7, 11) is 0.997. The van der Waals surface area contributed by atoms with Crippen LogP contribution in [0.25, 0.3) is 0 Å². The molecule has 21 heavy (non-hydrogen) atoms. The Hall–Kier alpha value is -0.210. The first-order valence-corrected chi connectivity index (χ1v) is 9.71. The van der Waals surface area contributed by atoms with E-state index in [0.29, 0.717) is 12.6 Å². The zero-order valence-corrected chi connectivity index (χ0v) is 14.2. The minimum absolute atomic E-state index is 0.233. The van der Waals surface area contributed by atoms with Crippen molar-refractivity contribution in [2.45, 2.75) is 37.8 Å². The average molecular weight is 318 g/mol. The first-order chi connectivity index (χ1) is 9.96. The number of piperidine rings is 1. The normalized spacial score (nSPS) is 29.6. The van der Waals surface area contributed by atoms with E-state index in [4.69, 9.17) is 0 Å². The standard InChI is InChI=1S/C14H30N4O2S/c1-17-8-9-18(2)14(12-17)11-16-21(19,20)10-6-13-5-3-4-7-15-13/h13-16H,3-12H2,1-2H3. The van der Waals surface area contributed by atoms with Gasteiger partial charge in [0.1, 0.15) is 0 Å². The lowest BCUT2D eigenvalue weighted by molar-refractivity contribution is 0.117. The minimum atomic E-state index is -3.16. The Bertz CT molecular complexity index is 409. The van der Waals surface area contributed by atoms with Gasteiger partial charge in [0.15, 0.2) is 0 Å². The maximum absolute atomic E-state index is 12.1. The molecule has 0 bridgehead atoms. The first-order valence-electron chi connectivity index (χ1n) is 8.06. The van der Waals surface area contributed by atoms with Crippen LogP contribution in [0.3, 0.4) is 0 Å². The van der Waals surface area contributed by atoms with Crippen LogP contribution in [-0.4, -0.2) is 82.9 Å². The molecule has 6 nitrogen and oxygen atoms in total. The Balaban J connectivity index is 1.72. The van der Waals surface area contributed by atoms with Gasteiger partial charge < -0.3 is 10.2 Å². The molecule has 2 aliphatic rings. The first kappa shape index (κ1) is 17.1. The summed E-state index contributed by atoms with van der Waals surface area (Å²) < 4.78 is 27.1. The highest BCUT2D eigenvalue weighted by atomic mass is 32.2. The Kier molecular flexibility index (Phi) is 6.43. The van der Waals surface area contributed by atoms with Crippen molar-refractivity contribution in [3.8, 4) is 0 Å². The van der Waals surface area contributed by atoms with Gasteiger partial charge in [-0.15, -0.1) is 0 Å². The van der Waals surface area contributed by atoms with Crippen LogP contribution in [0, 0.1) is 0 Å². The number of nitrogens with one attached hydrogen (secondary N) is 2. The largest absolute Gasteiger partial charge is 0.314 e. The van der Waals surface area contributed by atoms with Gasteiger partial charge >= 0.3 is 0 Å². The lowest BCUT2D eigenvalue weighted by Crippen LogP contribution is -2.54. The van der Waals surface area contributed by atoms with Crippen LogP contribution >= 0.6 is 0 Å². The van der Waals surface area contributed by atoms with E-state index in [1.54, 1.807) is 0 Å². The number of hydrogen-bond donors (Lipinski definition) is 2. The summed E-state index contributed by atoms with van der Waals surface area (Å²) in [6.07, 6.45) is 4.24. The van der Waals surface area contributed by atoms with Gasteiger partial charge in [-0.3, -0.25) is 4.90 Å². The predicted molar refractivity (Wildman–Crippen MR) is 86.0 cm³/mol. The summed E-state index contributed by atoms with van der Waals surface area (Å²) >= 11 is 0. The van der Waals surface area contributed by atoms with Crippen molar-refractivity contribution in [1.82, 2.24) is 19.8 Å². The Morgan fingerprint density at radius 2 is 2.05 bits per heavy atom. The van der Waals surface area contributed by atoms with Gasteiger partial charge in [-0.1, -0.05) is 6.42 Å². The van der Waals surface area contributed by atoms with Crippen LogP contribution in [0.2, 0.25) is 0 Å². The molecule has 2 N–H and O–H groups in total. The Morgan fingerprint density at radius 1 is 1.24 bits per heavy atom. The molecular weight excluding hydrogens is 288 g/mol. The molecular formula is C14H30N4O2S. The molecule has 2 atom stereocenters. The molecule has 124 valence electrons. The quantitative estimate of drug-likeness (QED) is 0.703. The lowest BCUT2D eigenvalue weighted by Gasteiger charge is -2.37. The average Bonchev–Trinajstić information content (AvgIpc) is 2.47. The number of nitrogens with zero attached hydrogens (tertiary/aromatic N) is 2. The molecule has 2 heterocycles. The van der Waals surface area contributed by atoms with Gasteiger partial charge in [-0.2, -0.15) is 0 Å². The zero-order valence-electron chi connectivity index (χ0n) is 13.3. The Morgan fingerprint density at radius 3 is 2.76 bits per heavy atom. The molecule has 2 aliphatic heterocycles. The summed E-state index contributed by atoms with van der Waals surface area (Å²) in [4.78, 5) is 4.50. The Labute approximate surface area is 129 Å². The van der Waals surface area contributed by atoms with Crippen LogP contribution in [0.1, 0.15) is 25.7 Å². The monoisotopic (exact) mass is 318 g/mol. The van der Waals surface area contributed by atoms with Gasteiger partial charge in [-0.25, -0.2) is 13.1 Å². The third-order valence-corrected chi connectivity index (χ3v) is 6.05. The molecule has 0 aliphatic carbocycles. The molecule has 2 saturated heterocycles. The van der Waals surface area contributed by atoms with Crippen LogP contribution < -0.4 is 10.0 Å². The fourth-order valence-corrected chi connectivity index (χ4v) is 4.27. The van der Waals surface area contributed by atoms with Crippen LogP contribution in [0.4, 0.5) is 0 Å². The molecule has 0 aromatic rings. The highest BCUT2D eigenvalue weighted by Gasteiger charge is 2.24. The van der Waals surface area contributed by atoms with Gasteiger partial charge in [0.05, 0.1) is 5.75 Å². The molecule has 2 fully saturated rings. The zero-order chi connectivity index (χ0) is 15.3. The van der Waals surface area contributed by atoms with Crippen molar-refractivity contribution in [3.63, 3.8) is 0 Å². The number of hydrogen-bond acceptors (Lipinski definition) is 5. The van der Waals surface area contributed by atoms with Crippen molar-refractivity contribution >= 4 is 10.0 Å². The van der Waals surface area contributed by atoms with Crippen molar-refractivity contribution in [3.05, 3.63) is 0 Å². The van der Waals surface area contributed by atoms with E-state index in [9.17, 15) is 8.42 Å². The van der Waals surface area contributed by atoms with E-state index in [0.717, 1.165) is 39.0 Å². The third kappa shape index (κ3) is 5.83. The van der Waals surface area contributed by atoms with E-state index >= 15 is 0 Å². The van der Waals surface area contributed by atoms with E-state index < -0.39 is 10.0 Å². The number of likely N-dealkylation sites (N-methyl/N-ethyl adjacent to an activating group) is 2. The summed E-state index contributed by atoms with van der Waals surface area (Å²) in [5.41, 5.74) is 0. The molecule has 0 aromatic carbocycles. The molecule has 0 aromatic heterocycles. The molecule has 7 heteroatoms. The molecule has 2 unspecified atom stereocenters. The topological polar surface area (TPSA) is 64.7 Å². The predicted octanol–water partition coefficient (Wildman–Crippen LogP) is -0.316. The summed E-state index contributed by atoms with van der Waals surface area (Å²) in [5.74, 6) is 0.233. The van der Waals surface area contributed by atoms with Gasteiger partial charge in [0, 0.05) is 38.3 Å². The third-order valence-electron chi connectivity index (χ3n) is 4.67.